The maximum atomic E-state index is 12.7. The molecule has 1 aliphatic heterocycles. The minimum atomic E-state index is -0.151. The average Bonchev–Trinajstić information content (AvgIpc) is 2.61. The molecule has 1 amide bonds. The van der Waals surface area contributed by atoms with Crippen LogP contribution in [0.1, 0.15) is 29.0 Å². The predicted octanol–water partition coefficient (Wildman–Crippen LogP) is 3.08. The number of amides is 1. The van der Waals surface area contributed by atoms with Gasteiger partial charge in [-0.1, -0.05) is 42.5 Å². The van der Waals surface area contributed by atoms with Crippen LogP contribution >= 0.6 is 0 Å². The summed E-state index contributed by atoms with van der Waals surface area (Å²) in [5.74, 6) is 0.202. The number of benzene rings is 2. The fraction of sp³-hybridized carbons (Fsp3) is 0.350. The fourth-order valence-corrected chi connectivity index (χ4v) is 3.16. The summed E-state index contributed by atoms with van der Waals surface area (Å²) >= 11 is 0. The van der Waals surface area contributed by atoms with Crippen LogP contribution < -0.4 is 0 Å². The van der Waals surface area contributed by atoms with Crippen LogP contribution in [-0.2, 0) is 9.53 Å². The Morgan fingerprint density at radius 3 is 2.54 bits per heavy atom. The van der Waals surface area contributed by atoms with Gasteiger partial charge in [0.2, 0.25) is 5.91 Å². The minimum absolute atomic E-state index is 0.104. The van der Waals surface area contributed by atoms with E-state index in [-0.39, 0.29) is 17.6 Å². The Balaban J connectivity index is 1.89. The average molecular weight is 325 g/mol. The van der Waals surface area contributed by atoms with E-state index in [0.29, 0.717) is 32.7 Å². The first-order valence-electron chi connectivity index (χ1n) is 8.35. The van der Waals surface area contributed by atoms with E-state index in [1.54, 1.807) is 6.07 Å². The summed E-state index contributed by atoms with van der Waals surface area (Å²) in [6.07, 6.45) is 0.348. The zero-order chi connectivity index (χ0) is 16.9. The molecule has 0 aromatic heterocycles. The number of aryl methyl sites for hydroxylation is 1. The molecule has 0 radical (unpaired) electrons. The number of carbonyl (C=O) groups is 1. The summed E-state index contributed by atoms with van der Waals surface area (Å²) in [5, 5.41) is 10.4. The number of rotatable bonds is 4. The minimum Gasteiger partial charge on any atom is -0.508 e. The highest BCUT2D eigenvalue weighted by Crippen LogP contribution is 2.34. The van der Waals surface area contributed by atoms with Gasteiger partial charge in [0.25, 0.3) is 0 Å². The molecule has 1 N–H and O–H groups in total. The second kappa shape index (κ2) is 7.49. The summed E-state index contributed by atoms with van der Waals surface area (Å²) in [7, 11) is 0. The van der Waals surface area contributed by atoms with Crippen molar-refractivity contribution in [3.05, 3.63) is 65.2 Å². The highest BCUT2D eigenvalue weighted by molar-refractivity contribution is 5.78. The number of phenolic OH excluding ortho intramolecular Hbond substituents is 1. The molecule has 1 saturated heterocycles. The van der Waals surface area contributed by atoms with Gasteiger partial charge in [-0.05, 0) is 24.1 Å². The Kier molecular flexibility index (Phi) is 5.16. The second-order valence-electron chi connectivity index (χ2n) is 6.22. The zero-order valence-corrected chi connectivity index (χ0v) is 13.9. The number of ether oxygens (including phenoxy) is 1. The van der Waals surface area contributed by atoms with Gasteiger partial charge in [0.15, 0.2) is 0 Å². The zero-order valence-electron chi connectivity index (χ0n) is 13.9. The van der Waals surface area contributed by atoms with Gasteiger partial charge in [0.05, 0.1) is 13.2 Å². The van der Waals surface area contributed by atoms with Crippen molar-refractivity contribution >= 4 is 5.91 Å². The van der Waals surface area contributed by atoms with Gasteiger partial charge >= 0.3 is 0 Å². The van der Waals surface area contributed by atoms with E-state index in [1.165, 1.54) is 0 Å². The number of phenols is 1. The van der Waals surface area contributed by atoms with E-state index in [1.807, 2.05) is 54.3 Å². The maximum absolute atomic E-state index is 12.7. The number of carbonyl (C=O) groups excluding carboxylic acids is 1. The van der Waals surface area contributed by atoms with E-state index in [9.17, 15) is 9.90 Å². The Morgan fingerprint density at radius 1 is 1.17 bits per heavy atom. The van der Waals surface area contributed by atoms with Gasteiger partial charge in [-0.15, -0.1) is 0 Å². The molecule has 4 heteroatoms. The van der Waals surface area contributed by atoms with E-state index in [4.69, 9.17) is 4.74 Å². The molecule has 1 aliphatic rings. The molecule has 0 bridgehead atoms. The van der Waals surface area contributed by atoms with Crippen LogP contribution in [0, 0.1) is 6.92 Å². The van der Waals surface area contributed by atoms with Gasteiger partial charge < -0.3 is 14.7 Å². The Morgan fingerprint density at radius 2 is 1.88 bits per heavy atom. The topological polar surface area (TPSA) is 49.8 Å². The lowest BCUT2D eigenvalue weighted by Gasteiger charge is -2.29. The van der Waals surface area contributed by atoms with Crippen molar-refractivity contribution in [1.82, 2.24) is 4.90 Å². The molecule has 0 saturated carbocycles. The summed E-state index contributed by atoms with van der Waals surface area (Å²) in [5.41, 5.74) is 2.84. The highest BCUT2D eigenvalue weighted by Gasteiger charge is 2.25. The van der Waals surface area contributed by atoms with Crippen molar-refractivity contribution in [2.75, 3.05) is 26.3 Å². The summed E-state index contributed by atoms with van der Waals surface area (Å²) in [6.45, 7) is 4.41. The van der Waals surface area contributed by atoms with Crippen LogP contribution in [0.5, 0.6) is 5.75 Å². The molecular weight excluding hydrogens is 302 g/mol. The first kappa shape index (κ1) is 16.5. The predicted molar refractivity (Wildman–Crippen MR) is 93.1 cm³/mol. The van der Waals surface area contributed by atoms with Gasteiger partial charge in [-0.2, -0.15) is 0 Å². The Bertz CT molecular complexity index is 693. The molecule has 0 spiro atoms. The third-order valence-corrected chi connectivity index (χ3v) is 4.51. The number of hydrogen-bond acceptors (Lipinski definition) is 3. The van der Waals surface area contributed by atoms with Crippen LogP contribution in [0.3, 0.4) is 0 Å². The van der Waals surface area contributed by atoms with Crippen LogP contribution in [0.4, 0.5) is 0 Å². The number of hydrogen-bond donors (Lipinski definition) is 1. The summed E-state index contributed by atoms with van der Waals surface area (Å²) < 4.78 is 5.32. The number of aromatic hydroxyl groups is 1. The molecule has 1 atom stereocenters. The lowest BCUT2D eigenvalue weighted by atomic mass is 9.87. The van der Waals surface area contributed by atoms with E-state index >= 15 is 0 Å². The van der Waals surface area contributed by atoms with E-state index in [2.05, 4.69) is 0 Å². The third kappa shape index (κ3) is 3.77. The Hall–Kier alpha value is -2.33. The van der Waals surface area contributed by atoms with Crippen LogP contribution in [-0.4, -0.2) is 42.2 Å². The second-order valence-corrected chi connectivity index (χ2v) is 6.22. The van der Waals surface area contributed by atoms with Crippen molar-refractivity contribution in [2.24, 2.45) is 0 Å². The molecular formula is C20H23NO3. The van der Waals surface area contributed by atoms with Gasteiger partial charge in [-0.3, -0.25) is 4.79 Å². The molecule has 3 rings (SSSR count). The summed E-state index contributed by atoms with van der Waals surface area (Å²) in [6, 6.07) is 15.6. The Labute approximate surface area is 142 Å². The normalized spacial score (nSPS) is 16.0. The molecule has 0 aliphatic carbocycles. The van der Waals surface area contributed by atoms with Crippen molar-refractivity contribution in [1.29, 1.82) is 0 Å². The standard InChI is InChI=1S/C20H23NO3/c1-15-7-8-17(19(22)13-15)18(16-5-3-2-4-6-16)14-20(23)21-9-11-24-12-10-21/h2-8,13,18,22H,9-12,14H2,1H3. The van der Waals surface area contributed by atoms with Crippen molar-refractivity contribution in [2.45, 2.75) is 19.3 Å². The van der Waals surface area contributed by atoms with Crippen molar-refractivity contribution < 1.29 is 14.6 Å². The fourth-order valence-electron chi connectivity index (χ4n) is 3.16. The molecule has 24 heavy (non-hydrogen) atoms. The molecule has 1 unspecified atom stereocenters. The van der Waals surface area contributed by atoms with Crippen LogP contribution in [0.2, 0.25) is 0 Å². The molecule has 1 fully saturated rings. The lowest BCUT2D eigenvalue weighted by Crippen LogP contribution is -2.41. The molecule has 4 nitrogen and oxygen atoms in total. The highest BCUT2D eigenvalue weighted by atomic mass is 16.5. The van der Waals surface area contributed by atoms with Crippen molar-refractivity contribution in [3.8, 4) is 5.75 Å². The smallest absolute Gasteiger partial charge is 0.223 e. The lowest BCUT2D eigenvalue weighted by molar-refractivity contribution is -0.135. The van der Waals surface area contributed by atoms with Crippen LogP contribution in [0.15, 0.2) is 48.5 Å². The summed E-state index contributed by atoms with van der Waals surface area (Å²) in [4.78, 5) is 14.6. The quantitative estimate of drug-likeness (QED) is 0.940. The first-order valence-corrected chi connectivity index (χ1v) is 8.35. The van der Waals surface area contributed by atoms with Crippen LogP contribution in [0.25, 0.3) is 0 Å². The largest absolute Gasteiger partial charge is 0.508 e. The first-order chi connectivity index (χ1) is 11.6. The number of nitrogens with zero attached hydrogens (tertiary/aromatic N) is 1. The molecule has 126 valence electrons. The molecule has 2 aromatic rings. The molecule has 2 aromatic carbocycles. The van der Waals surface area contributed by atoms with E-state index in [0.717, 1.165) is 16.7 Å². The van der Waals surface area contributed by atoms with Gasteiger partial charge in [0.1, 0.15) is 5.75 Å². The van der Waals surface area contributed by atoms with Gasteiger partial charge in [0, 0.05) is 31.0 Å². The third-order valence-electron chi connectivity index (χ3n) is 4.51. The van der Waals surface area contributed by atoms with Gasteiger partial charge in [-0.25, -0.2) is 0 Å². The monoisotopic (exact) mass is 325 g/mol. The van der Waals surface area contributed by atoms with Crippen molar-refractivity contribution in [3.63, 3.8) is 0 Å². The maximum Gasteiger partial charge on any atom is 0.223 e. The van der Waals surface area contributed by atoms with E-state index < -0.39 is 0 Å². The number of morpholine rings is 1. The SMILES string of the molecule is Cc1ccc(C(CC(=O)N2CCOCC2)c2ccccc2)c(O)c1. The molecule has 1 heterocycles.